The van der Waals surface area contributed by atoms with Crippen LogP contribution in [0.15, 0.2) is 36.4 Å². The van der Waals surface area contributed by atoms with Gasteiger partial charge >= 0.3 is 15.6 Å². The molecular formula is C18H15F3O4S. The fourth-order valence-electron chi connectivity index (χ4n) is 2.92. The first-order valence-electron chi connectivity index (χ1n) is 7.90. The molecule has 0 heterocycles. The van der Waals surface area contributed by atoms with Gasteiger partial charge in [0.2, 0.25) is 0 Å². The van der Waals surface area contributed by atoms with Crippen LogP contribution in [0.1, 0.15) is 32.6 Å². The Balaban J connectivity index is 2.11. The third-order valence-electron chi connectivity index (χ3n) is 4.35. The summed E-state index contributed by atoms with van der Waals surface area (Å²) in [7, 11) is -5.86. The van der Waals surface area contributed by atoms with E-state index in [0.29, 0.717) is 31.1 Å². The summed E-state index contributed by atoms with van der Waals surface area (Å²) in [6.45, 7) is 0. The first-order valence-corrected chi connectivity index (χ1v) is 9.30. The lowest BCUT2D eigenvalue weighted by molar-refractivity contribution is -0.0500. The van der Waals surface area contributed by atoms with Gasteiger partial charge in [0.15, 0.2) is 12.0 Å². The van der Waals surface area contributed by atoms with Crippen LogP contribution in [0.3, 0.4) is 0 Å². The standard InChI is InChI=1S/C18H15F3O4S/c19-18(20,21)26(23,24)25-17-15-8-6-13-3-1-12(2-4-13)5-7-14(9-10-15)16(17)11-22/h1-4,9-11H,5-8H2. The fourth-order valence-corrected chi connectivity index (χ4v) is 3.43. The monoisotopic (exact) mass is 384 g/mol. The normalized spacial score (nSPS) is 14.6. The van der Waals surface area contributed by atoms with Crippen molar-refractivity contribution in [2.75, 3.05) is 0 Å². The molecule has 8 heteroatoms. The van der Waals surface area contributed by atoms with E-state index in [1.807, 2.05) is 24.3 Å². The lowest BCUT2D eigenvalue weighted by Gasteiger charge is -2.18. The van der Waals surface area contributed by atoms with Crippen molar-refractivity contribution in [1.29, 1.82) is 0 Å². The molecule has 2 aromatic rings. The Morgan fingerprint density at radius 2 is 1.35 bits per heavy atom. The summed E-state index contributed by atoms with van der Waals surface area (Å²) in [6.07, 6.45) is 2.00. The van der Waals surface area contributed by atoms with Gasteiger partial charge in [-0.05, 0) is 47.9 Å². The largest absolute Gasteiger partial charge is 0.534 e. The predicted molar refractivity (Wildman–Crippen MR) is 88.7 cm³/mol. The maximum atomic E-state index is 12.7. The number of aryl methyl sites for hydroxylation is 4. The minimum atomic E-state index is -5.86. The molecule has 6 rings (SSSR count). The van der Waals surface area contributed by atoms with E-state index in [1.165, 1.54) is 6.07 Å². The van der Waals surface area contributed by atoms with Crippen molar-refractivity contribution in [3.05, 3.63) is 64.2 Å². The molecular weight excluding hydrogens is 369 g/mol. The predicted octanol–water partition coefficient (Wildman–Crippen LogP) is 3.61. The number of aldehydes is 1. The Morgan fingerprint density at radius 3 is 1.85 bits per heavy atom. The maximum Gasteiger partial charge on any atom is 0.534 e. The third-order valence-corrected chi connectivity index (χ3v) is 5.30. The highest BCUT2D eigenvalue weighted by molar-refractivity contribution is 7.88. The zero-order chi connectivity index (χ0) is 18.9. The fraction of sp³-hybridized carbons (Fsp3) is 0.278. The summed E-state index contributed by atoms with van der Waals surface area (Å²) in [6, 6.07) is 11.0. The number of rotatable bonds is 3. The number of carbonyl (C=O) groups excluding carboxylic acids is 1. The SMILES string of the molecule is O=Cc1c2ccc(c1OS(=O)(=O)C(F)(F)F)CCc1ccc(cc1)CC2. The summed E-state index contributed by atoms with van der Waals surface area (Å²) in [4.78, 5) is 11.6. The third kappa shape index (κ3) is 3.60. The number of hydrogen-bond donors (Lipinski definition) is 0. The van der Waals surface area contributed by atoms with Crippen molar-refractivity contribution < 1.29 is 30.6 Å². The highest BCUT2D eigenvalue weighted by atomic mass is 32.2. The summed E-state index contributed by atoms with van der Waals surface area (Å²) >= 11 is 0. The molecule has 0 radical (unpaired) electrons. The van der Waals surface area contributed by atoms with Crippen LogP contribution in [0.4, 0.5) is 13.2 Å². The van der Waals surface area contributed by atoms with Gasteiger partial charge in [-0.1, -0.05) is 36.4 Å². The van der Waals surface area contributed by atoms with E-state index >= 15 is 0 Å². The van der Waals surface area contributed by atoms with Crippen molar-refractivity contribution in [1.82, 2.24) is 0 Å². The van der Waals surface area contributed by atoms with Crippen LogP contribution in [-0.2, 0) is 35.8 Å². The molecule has 0 N–H and O–H groups in total. The van der Waals surface area contributed by atoms with Gasteiger partial charge in [0.25, 0.3) is 0 Å². The highest BCUT2D eigenvalue weighted by Crippen LogP contribution is 2.34. The van der Waals surface area contributed by atoms with Crippen LogP contribution in [0.5, 0.6) is 5.75 Å². The van der Waals surface area contributed by atoms with Crippen LogP contribution in [0.2, 0.25) is 0 Å². The van der Waals surface area contributed by atoms with Crippen LogP contribution < -0.4 is 4.18 Å². The van der Waals surface area contributed by atoms with Crippen LogP contribution >= 0.6 is 0 Å². The molecule has 0 spiro atoms. The molecule has 0 unspecified atom stereocenters. The summed E-state index contributed by atoms with van der Waals surface area (Å²) < 4.78 is 65.6. The Morgan fingerprint density at radius 1 is 0.846 bits per heavy atom. The van der Waals surface area contributed by atoms with E-state index in [4.69, 9.17) is 0 Å². The molecule has 0 atom stereocenters. The average molecular weight is 384 g/mol. The smallest absolute Gasteiger partial charge is 0.375 e. The van der Waals surface area contributed by atoms with Crippen LogP contribution in [0, 0.1) is 0 Å². The number of alkyl halides is 3. The van der Waals surface area contributed by atoms with E-state index in [2.05, 4.69) is 4.18 Å². The zero-order valence-corrected chi connectivity index (χ0v) is 14.4. The van der Waals surface area contributed by atoms with E-state index in [9.17, 15) is 26.4 Å². The zero-order valence-electron chi connectivity index (χ0n) is 13.5. The summed E-state index contributed by atoms with van der Waals surface area (Å²) in [5, 5.41) is 0. The van der Waals surface area contributed by atoms with Gasteiger partial charge in [-0.3, -0.25) is 4.79 Å². The van der Waals surface area contributed by atoms with Crippen LogP contribution in [-0.4, -0.2) is 20.2 Å². The molecule has 4 nitrogen and oxygen atoms in total. The molecule has 4 aliphatic rings. The maximum absolute atomic E-state index is 12.7. The molecule has 0 fully saturated rings. The minimum Gasteiger partial charge on any atom is -0.375 e. The van der Waals surface area contributed by atoms with Gasteiger partial charge in [0.05, 0.1) is 5.56 Å². The molecule has 4 aliphatic carbocycles. The molecule has 0 aromatic heterocycles. The lowest BCUT2D eigenvalue weighted by Crippen LogP contribution is -2.29. The Hall–Kier alpha value is -2.35. The molecule has 4 bridgehead atoms. The lowest BCUT2D eigenvalue weighted by atomic mass is 9.93. The van der Waals surface area contributed by atoms with E-state index in [0.717, 1.165) is 11.1 Å². The molecule has 0 saturated heterocycles. The molecule has 2 aromatic carbocycles. The number of hydrogen-bond acceptors (Lipinski definition) is 4. The minimum absolute atomic E-state index is 0.148. The molecule has 138 valence electrons. The van der Waals surface area contributed by atoms with Crippen molar-refractivity contribution in [2.45, 2.75) is 31.2 Å². The van der Waals surface area contributed by atoms with E-state index in [1.54, 1.807) is 6.07 Å². The second-order valence-electron chi connectivity index (χ2n) is 6.04. The first-order chi connectivity index (χ1) is 12.2. The molecule has 0 saturated carbocycles. The Kier molecular flexibility index (Phi) is 4.79. The quantitative estimate of drug-likeness (QED) is 0.461. The van der Waals surface area contributed by atoms with Crippen LogP contribution in [0.25, 0.3) is 0 Å². The van der Waals surface area contributed by atoms with Gasteiger partial charge in [-0.25, -0.2) is 0 Å². The second-order valence-corrected chi connectivity index (χ2v) is 7.58. The average Bonchev–Trinajstić information content (AvgIpc) is 2.56. The van der Waals surface area contributed by atoms with E-state index < -0.39 is 21.4 Å². The molecule has 0 amide bonds. The van der Waals surface area contributed by atoms with Gasteiger partial charge in [0.1, 0.15) is 0 Å². The number of halogens is 3. The van der Waals surface area contributed by atoms with Gasteiger partial charge in [-0.2, -0.15) is 21.6 Å². The Labute approximate surface area is 148 Å². The first kappa shape index (κ1) is 18.4. The topological polar surface area (TPSA) is 60.4 Å². The van der Waals surface area contributed by atoms with Crippen molar-refractivity contribution in [2.24, 2.45) is 0 Å². The van der Waals surface area contributed by atoms with Gasteiger partial charge < -0.3 is 4.18 Å². The van der Waals surface area contributed by atoms with E-state index in [-0.39, 0.29) is 17.5 Å². The summed E-state index contributed by atoms with van der Waals surface area (Å²) in [5.74, 6) is -0.523. The highest BCUT2D eigenvalue weighted by Gasteiger charge is 2.49. The van der Waals surface area contributed by atoms with Gasteiger partial charge in [-0.15, -0.1) is 0 Å². The second kappa shape index (κ2) is 6.75. The Bertz CT molecular complexity index is 932. The number of benzene rings is 2. The van der Waals surface area contributed by atoms with Crippen molar-refractivity contribution in [3.63, 3.8) is 0 Å². The van der Waals surface area contributed by atoms with Crippen molar-refractivity contribution in [3.8, 4) is 5.75 Å². The van der Waals surface area contributed by atoms with Crippen molar-refractivity contribution >= 4 is 16.4 Å². The van der Waals surface area contributed by atoms with Gasteiger partial charge in [0, 0.05) is 0 Å². The molecule has 0 aliphatic heterocycles. The summed E-state index contributed by atoms with van der Waals surface area (Å²) in [5.41, 5.74) is -3.06. The number of carbonyl (C=O) groups is 1. The molecule has 26 heavy (non-hydrogen) atoms.